The molecule has 4 aromatic rings. The minimum absolute atomic E-state index is 0.173. The van der Waals surface area contributed by atoms with Crippen LogP contribution in [0.1, 0.15) is 22.4 Å². The number of rotatable bonds is 5. The summed E-state index contributed by atoms with van der Waals surface area (Å²) in [6, 6.07) is 21.3. The predicted octanol–water partition coefficient (Wildman–Crippen LogP) is 4.88. The Morgan fingerprint density at radius 3 is 2.38 bits per heavy atom. The Morgan fingerprint density at radius 1 is 1.00 bits per heavy atom. The molecule has 0 saturated carbocycles. The monoisotopic (exact) mass is 513 g/mol. The Bertz CT molecular complexity index is 1530. The SMILES string of the molecule is CS(=O)(=O)c1cc(CCl)ccc1Cn1ccccc1=O.N#Cc1cc(CCl)nc2ccccc12. The highest BCUT2D eigenvalue weighted by molar-refractivity contribution is 7.90. The molecular formula is C25H21Cl2N3O3S. The van der Waals surface area contributed by atoms with E-state index in [1.807, 2.05) is 24.3 Å². The molecule has 9 heteroatoms. The van der Waals surface area contributed by atoms with Gasteiger partial charge in [0.15, 0.2) is 9.84 Å². The van der Waals surface area contributed by atoms with Gasteiger partial charge >= 0.3 is 0 Å². The Morgan fingerprint density at radius 2 is 1.74 bits per heavy atom. The summed E-state index contributed by atoms with van der Waals surface area (Å²) in [5.74, 6) is 0.577. The lowest BCUT2D eigenvalue weighted by Gasteiger charge is -2.11. The van der Waals surface area contributed by atoms with Gasteiger partial charge in [-0.05, 0) is 35.4 Å². The van der Waals surface area contributed by atoms with Gasteiger partial charge in [0.05, 0.1) is 40.2 Å². The molecular weight excluding hydrogens is 493 g/mol. The molecule has 0 saturated heterocycles. The van der Waals surface area contributed by atoms with E-state index in [1.54, 1.807) is 42.6 Å². The summed E-state index contributed by atoms with van der Waals surface area (Å²) in [6.07, 6.45) is 2.78. The van der Waals surface area contributed by atoms with Gasteiger partial charge in [-0.3, -0.25) is 9.78 Å². The Hall–Kier alpha value is -3.18. The van der Waals surface area contributed by atoms with Crippen molar-refractivity contribution in [2.45, 2.75) is 23.2 Å². The second kappa shape index (κ2) is 11.3. The number of alkyl halides is 2. The van der Waals surface area contributed by atoms with Gasteiger partial charge in [-0.15, -0.1) is 23.2 Å². The maximum Gasteiger partial charge on any atom is 0.250 e. The third kappa shape index (κ3) is 6.23. The first-order valence-electron chi connectivity index (χ1n) is 10.1. The number of halogens is 2. The van der Waals surface area contributed by atoms with Gasteiger partial charge in [-0.25, -0.2) is 8.42 Å². The van der Waals surface area contributed by atoms with E-state index in [0.29, 0.717) is 17.0 Å². The quantitative estimate of drug-likeness (QED) is 0.354. The molecule has 0 spiro atoms. The van der Waals surface area contributed by atoms with E-state index in [-0.39, 0.29) is 22.9 Å². The first-order valence-corrected chi connectivity index (χ1v) is 13.1. The van der Waals surface area contributed by atoms with E-state index in [0.717, 1.165) is 28.4 Å². The number of fused-ring (bicyclic) bond motifs is 1. The zero-order valence-corrected chi connectivity index (χ0v) is 20.6. The number of hydrogen-bond donors (Lipinski definition) is 0. The third-order valence-corrected chi connectivity index (χ3v) is 6.71. The molecule has 0 amide bonds. The molecule has 2 heterocycles. The Kier molecular flexibility index (Phi) is 8.46. The fraction of sp³-hybridized carbons (Fsp3) is 0.160. The van der Waals surface area contributed by atoms with Crippen LogP contribution in [0, 0.1) is 11.3 Å². The first-order chi connectivity index (χ1) is 16.3. The van der Waals surface area contributed by atoms with Crippen molar-refractivity contribution in [1.82, 2.24) is 9.55 Å². The van der Waals surface area contributed by atoms with Crippen LogP contribution in [-0.2, 0) is 28.1 Å². The Balaban J connectivity index is 0.000000202. The van der Waals surface area contributed by atoms with Crippen molar-refractivity contribution in [3.63, 3.8) is 0 Å². The summed E-state index contributed by atoms with van der Waals surface area (Å²) < 4.78 is 25.2. The van der Waals surface area contributed by atoms with Crippen molar-refractivity contribution in [2.75, 3.05) is 6.26 Å². The molecule has 0 fully saturated rings. The molecule has 0 aliphatic carbocycles. The molecule has 0 unspecified atom stereocenters. The van der Waals surface area contributed by atoms with Gasteiger partial charge in [0, 0.05) is 29.8 Å². The van der Waals surface area contributed by atoms with Crippen molar-refractivity contribution >= 4 is 43.9 Å². The fourth-order valence-electron chi connectivity index (χ4n) is 3.32. The number of hydrogen-bond acceptors (Lipinski definition) is 5. The molecule has 6 nitrogen and oxygen atoms in total. The molecule has 0 atom stereocenters. The number of pyridine rings is 2. The Labute approximate surface area is 207 Å². The standard InChI is InChI=1S/C14H14ClNO3S.C11H7ClN2/c1-20(18,19)13-8-11(9-15)5-6-12(13)10-16-7-3-2-4-14(16)17;12-6-9-5-8(7-13)10-3-1-2-4-11(10)14-9/h2-8H,9-10H2,1H3;1-5H,6H2. The van der Waals surface area contributed by atoms with Gasteiger partial charge < -0.3 is 4.57 Å². The average Bonchev–Trinajstić information content (AvgIpc) is 2.84. The number of nitriles is 1. The van der Waals surface area contributed by atoms with Crippen LogP contribution >= 0.6 is 23.2 Å². The van der Waals surface area contributed by atoms with Gasteiger partial charge in [0.1, 0.15) is 0 Å². The highest BCUT2D eigenvalue weighted by Crippen LogP contribution is 2.20. The van der Waals surface area contributed by atoms with Crippen LogP contribution in [0.2, 0.25) is 0 Å². The highest BCUT2D eigenvalue weighted by atomic mass is 35.5. The van der Waals surface area contributed by atoms with Crippen molar-refractivity contribution in [2.24, 2.45) is 0 Å². The fourth-order valence-corrected chi connectivity index (χ4v) is 4.60. The normalized spacial score (nSPS) is 10.9. The van der Waals surface area contributed by atoms with Gasteiger partial charge in [-0.1, -0.05) is 36.4 Å². The molecule has 174 valence electrons. The largest absolute Gasteiger partial charge is 0.311 e. The second-order valence-corrected chi connectivity index (χ2v) is 9.96. The van der Waals surface area contributed by atoms with Crippen LogP contribution in [0.4, 0.5) is 0 Å². The second-order valence-electron chi connectivity index (χ2n) is 7.44. The van der Waals surface area contributed by atoms with Crippen LogP contribution < -0.4 is 5.56 Å². The number of aromatic nitrogens is 2. The van der Waals surface area contributed by atoms with Crippen LogP contribution in [0.25, 0.3) is 10.9 Å². The van der Waals surface area contributed by atoms with E-state index in [4.69, 9.17) is 28.5 Å². The zero-order valence-electron chi connectivity index (χ0n) is 18.3. The first kappa shape index (κ1) is 25.4. The molecule has 0 aliphatic heterocycles. The summed E-state index contributed by atoms with van der Waals surface area (Å²) >= 11 is 11.4. The average molecular weight is 514 g/mol. The van der Waals surface area contributed by atoms with E-state index in [9.17, 15) is 13.2 Å². The topological polar surface area (TPSA) is 92.8 Å². The lowest BCUT2D eigenvalue weighted by Crippen LogP contribution is -2.19. The van der Waals surface area contributed by atoms with Gasteiger partial charge in [-0.2, -0.15) is 5.26 Å². The lowest BCUT2D eigenvalue weighted by molar-refractivity contribution is 0.599. The molecule has 0 N–H and O–H groups in total. The van der Waals surface area contributed by atoms with Crippen molar-refractivity contribution in [3.05, 3.63) is 106 Å². The molecule has 0 bridgehead atoms. The van der Waals surface area contributed by atoms with Crippen molar-refractivity contribution in [1.29, 1.82) is 5.26 Å². The number of sulfone groups is 1. The van der Waals surface area contributed by atoms with Crippen molar-refractivity contribution < 1.29 is 8.42 Å². The maximum atomic E-state index is 11.9. The summed E-state index contributed by atoms with van der Waals surface area (Å²) in [7, 11) is -3.37. The zero-order chi connectivity index (χ0) is 24.7. The number of para-hydroxylation sites is 1. The number of benzene rings is 2. The van der Waals surface area contributed by atoms with Crippen LogP contribution in [0.5, 0.6) is 0 Å². The molecule has 2 aromatic carbocycles. The van der Waals surface area contributed by atoms with Gasteiger partial charge in [0.25, 0.3) is 5.56 Å². The molecule has 0 radical (unpaired) electrons. The third-order valence-electron chi connectivity index (χ3n) is 4.95. The van der Waals surface area contributed by atoms with Crippen LogP contribution in [0.15, 0.2) is 82.6 Å². The predicted molar refractivity (Wildman–Crippen MR) is 135 cm³/mol. The maximum absolute atomic E-state index is 11.9. The number of nitrogens with zero attached hydrogens (tertiary/aromatic N) is 3. The molecule has 4 rings (SSSR count). The van der Waals surface area contributed by atoms with E-state index in [2.05, 4.69) is 11.1 Å². The smallest absolute Gasteiger partial charge is 0.250 e. The summed E-state index contributed by atoms with van der Waals surface area (Å²) in [5.41, 5.74) is 3.33. The van der Waals surface area contributed by atoms with Crippen LogP contribution in [-0.4, -0.2) is 24.2 Å². The molecule has 0 aliphatic rings. The minimum Gasteiger partial charge on any atom is -0.311 e. The van der Waals surface area contributed by atoms with E-state index < -0.39 is 9.84 Å². The van der Waals surface area contributed by atoms with E-state index >= 15 is 0 Å². The van der Waals surface area contributed by atoms with Gasteiger partial charge in [0.2, 0.25) is 0 Å². The van der Waals surface area contributed by atoms with Crippen LogP contribution in [0.3, 0.4) is 0 Å². The minimum atomic E-state index is -3.37. The lowest BCUT2D eigenvalue weighted by atomic mass is 10.1. The highest BCUT2D eigenvalue weighted by Gasteiger charge is 2.14. The summed E-state index contributed by atoms with van der Waals surface area (Å²) in [6.45, 7) is 0.213. The summed E-state index contributed by atoms with van der Waals surface area (Å²) in [4.78, 5) is 16.2. The molecule has 2 aromatic heterocycles. The van der Waals surface area contributed by atoms with E-state index in [1.165, 1.54) is 10.6 Å². The summed E-state index contributed by atoms with van der Waals surface area (Å²) in [5, 5.41) is 9.81. The molecule has 34 heavy (non-hydrogen) atoms. The van der Waals surface area contributed by atoms with Crippen molar-refractivity contribution in [3.8, 4) is 6.07 Å².